The quantitative estimate of drug-likeness (QED) is 0.187. The van der Waals surface area contributed by atoms with Gasteiger partial charge in [0, 0.05) is 0 Å². The van der Waals surface area contributed by atoms with Crippen LogP contribution in [0, 0.1) is 5.92 Å². The summed E-state index contributed by atoms with van der Waals surface area (Å²) < 4.78 is 12.4. The Bertz CT molecular complexity index is 1100. The molecule has 39 heavy (non-hydrogen) atoms. The van der Waals surface area contributed by atoms with Gasteiger partial charge < -0.3 is 14.8 Å². The molecule has 4 heteroatoms. The van der Waals surface area contributed by atoms with E-state index >= 15 is 0 Å². The van der Waals surface area contributed by atoms with Crippen LogP contribution >= 0.6 is 0 Å². The van der Waals surface area contributed by atoms with E-state index in [2.05, 4.69) is 67.0 Å². The van der Waals surface area contributed by atoms with Crippen LogP contribution in [0.25, 0.3) is 0 Å². The van der Waals surface area contributed by atoms with E-state index in [-0.39, 0.29) is 30.1 Å². The Kier molecular flexibility index (Phi) is 13.3. The number of hydrogen-bond donors (Lipinski definition) is 1. The van der Waals surface area contributed by atoms with Crippen LogP contribution in [0.15, 0.2) is 116 Å². The zero-order valence-electron chi connectivity index (χ0n) is 23.2. The molecule has 0 aliphatic carbocycles. The molecule has 3 aromatic rings. The van der Waals surface area contributed by atoms with Gasteiger partial charge in [-0.3, -0.25) is 4.79 Å². The molecule has 4 nitrogen and oxygen atoms in total. The lowest BCUT2D eigenvalue weighted by atomic mass is 9.93. The molecule has 0 heterocycles. The first kappa shape index (κ1) is 30.1. The molecule has 1 amide bonds. The number of hydrogen-bond acceptors (Lipinski definition) is 3. The SMILES string of the molecule is C=CCO[C@H](CCc1ccccc1)[C@H](Cc1ccccc1)NC(=O)[C@@H](C)[C@@H](CCc1ccccc1)OCC=C. The lowest BCUT2D eigenvalue weighted by Crippen LogP contribution is -2.49. The van der Waals surface area contributed by atoms with E-state index < -0.39 is 0 Å². The highest BCUT2D eigenvalue weighted by Gasteiger charge is 2.30. The van der Waals surface area contributed by atoms with Gasteiger partial charge in [0.25, 0.3) is 0 Å². The monoisotopic (exact) mass is 525 g/mol. The zero-order chi connectivity index (χ0) is 27.7. The van der Waals surface area contributed by atoms with Gasteiger partial charge >= 0.3 is 0 Å². The molecule has 0 unspecified atom stereocenters. The highest BCUT2D eigenvalue weighted by atomic mass is 16.5. The third-order valence-corrected chi connectivity index (χ3v) is 7.02. The molecule has 0 aliphatic rings. The second-order valence-corrected chi connectivity index (χ2v) is 9.96. The number of carbonyl (C=O) groups excluding carboxylic acids is 1. The summed E-state index contributed by atoms with van der Waals surface area (Å²) >= 11 is 0. The van der Waals surface area contributed by atoms with Gasteiger partial charge in [-0.05, 0) is 48.8 Å². The van der Waals surface area contributed by atoms with Crippen LogP contribution in [0.4, 0.5) is 0 Å². The number of carbonyl (C=O) groups is 1. The van der Waals surface area contributed by atoms with Crippen molar-refractivity contribution in [2.24, 2.45) is 5.92 Å². The number of nitrogens with one attached hydrogen (secondary N) is 1. The standard InChI is InChI=1S/C35H43NO3/c1-4-25-38-33(23-21-29-15-9-6-10-16-29)28(3)35(37)36-32(27-31-19-13-8-14-20-31)34(39-26-5-2)24-22-30-17-11-7-12-18-30/h4-20,28,32-34H,1-2,21-27H2,3H3,(H,36,37)/t28-,32-,33+,34+/m0/s1. The van der Waals surface area contributed by atoms with Crippen molar-refractivity contribution < 1.29 is 14.3 Å². The number of benzene rings is 3. The molecular weight excluding hydrogens is 482 g/mol. The summed E-state index contributed by atoms with van der Waals surface area (Å²) in [7, 11) is 0. The molecule has 0 saturated carbocycles. The summed E-state index contributed by atoms with van der Waals surface area (Å²) in [5, 5.41) is 3.36. The number of ether oxygens (including phenoxy) is 2. The van der Waals surface area contributed by atoms with Crippen molar-refractivity contribution >= 4 is 5.91 Å². The van der Waals surface area contributed by atoms with Gasteiger partial charge in [-0.25, -0.2) is 0 Å². The minimum Gasteiger partial charge on any atom is -0.373 e. The summed E-state index contributed by atoms with van der Waals surface area (Å²) in [4.78, 5) is 13.7. The Labute approximate surface area is 234 Å². The van der Waals surface area contributed by atoms with E-state index in [4.69, 9.17) is 9.47 Å². The highest BCUT2D eigenvalue weighted by Crippen LogP contribution is 2.19. The molecule has 1 N–H and O–H groups in total. The Balaban J connectivity index is 1.76. The van der Waals surface area contributed by atoms with Crippen molar-refractivity contribution in [2.45, 2.75) is 57.3 Å². The molecule has 3 aromatic carbocycles. The second-order valence-electron chi connectivity index (χ2n) is 9.96. The van der Waals surface area contributed by atoms with Crippen LogP contribution in [-0.4, -0.2) is 37.4 Å². The van der Waals surface area contributed by atoms with Crippen LogP contribution in [0.3, 0.4) is 0 Å². The van der Waals surface area contributed by atoms with Crippen LogP contribution in [0.2, 0.25) is 0 Å². The average Bonchev–Trinajstić information content (AvgIpc) is 2.98. The molecule has 0 aromatic heterocycles. The lowest BCUT2D eigenvalue weighted by molar-refractivity contribution is -0.131. The van der Waals surface area contributed by atoms with E-state index in [1.54, 1.807) is 12.2 Å². The number of amides is 1. The molecule has 0 spiro atoms. The van der Waals surface area contributed by atoms with Gasteiger partial charge in [0.05, 0.1) is 37.4 Å². The minimum atomic E-state index is -0.332. The van der Waals surface area contributed by atoms with Gasteiger partial charge in [0.2, 0.25) is 5.91 Å². The van der Waals surface area contributed by atoms with E-state index in [9.17, 15) is 4.79 Å². The average molecular weight is 526 g/mol. The Hall–Kier alpha value is -3.47. The maximum Gasteiger partial charge on any atom is 0.225 e. The van der Waals surface area contributed by atoms with Gasteiger partial charge in [0.1, 0.15) is 0 Å². The summed E-state index contributed by atoms with van der Waals surface area (Å²) in [6.07, 6.45) is 7.03. The van der Waals surface area contributed by atoms with Gasteiger partial charge in [-0.15, -0.1) is 13.2 Å². The van der Waals surface area contributed by atoms with Crippen LogP contribution in [0.1, 0.15) is 36.5 Å². The van der Waals surface area contributed by atoms with E-state index in [1.807, 2.05) is 49.4 Å². The van der Waals surface area contributed by atoms with Crippen LogP contribution < -0.4 is 5.32 Å². The maximum atomic E-state index is 13.7. The fraction of sp³-hybridized carbons (Fsp3) is 0.343. The van der Waals surface area contributed by atoms with E-state index in [0.29, 0.717) is 19.6 Å². The zero-order valence-corrected chi connectivity index (χ0v) is 23.2. The predicted molar refractivity (Wildman–Crippen MR) is 161 cm³/mol. The van der Waals surface area contributed by atoms with Crippen molar-refractivity contribution in [3.8, 4) is 0 Å². The van der Waals surface area contributed by atoms with Crippen molar-refractivity contribution in [1.82, 2.24) is 5.32 Å². The molecule has 0 radical (unpaired) electrons. The highest BCUT2D eigenvalue weighted by molar-refractivity contribution is 5.79. The smallest absolute Gasteiger partial charge is 0.225 e. The normalized spacial score (nSPS) is 14.1. The Morgan fingerprint density at radius 3 is 1.64 bits per heavy atom. The summed E-state index contributed by atoms with van der Waals surface area (Å²) in [6, 6.07) is 30.8. The van der Waals surface area contributed by atoms with Crippen LogP contribution in [0.5, 0.6) is 0 Å². The summed E-state index contributed by atoms with van der Waals surface area (Å²) in [5.41, 5.74) is 3.64. The van der Waals surface area contributed by atoms with Crippen molar-refractivity contribution in [2.75, 3.05) is 13.2 Å². The van der Waals surface area contributed by atoms with Crippen molar-refractivity contribution in [3.63, 3.8) is 0 Å². The molecule has 0 saturated heterocycles. The van der Waals surface area contributed by atoms with Gasteiger partial charge in [0.15, 0.2) is 0 Å². The summed E-state index contributed by atoms with van der Waals surface area (Å²) in [5.74, 6) is -0.355. The molecule has 3 rings (SSSR count). The fourth-order valence-corrected chi connectivity index (χ4v) is 4.80. The maximum absolute atomic E-state index is 13.7. The minimum absolute atomic E-state index is 0.0232. The fourth-order valence-electron chi connectivity index (χ4n) is 4.80. The third kappa shape index (κ3) is 10.7. The van der Waals surface area contributed by atoms with Gasteiger partial charge in [-0.1, -0.05) is 110 Å². The lowest BCUT2D eigenvalue weighted by Gasteiger charge is -2.31. The Morgan fingerprint density at radius 1 is 0.718 bits per heavy atom. The molecular formula is C35H43NO3. The third-order valence-electron chi connectivity index (χ3n) is 7.02. The number of rotatable bonds is 18. The first-order chi connectivity index (χ1) is 19.1. The largest absolute Gasteiger partial charge is 0.373 e. The van der Waals surface area contributed by atoms with Crippen molar-refractivity contribution in [3.05, 3.63) is 133 Å². The predicted octanol–water partition coefficient (Wildman–Crippen LogP) is 6.76. The topological polar surface area (TPSA) is 47.6 Å². The number of aryl methyl sites for hydroxylation is 2. The van der Waals surface area contributed by atoms with E-state index in [1.165, 1.54) is 11.1 Å². The molecule has 206 valence electrons. The first-order valence-corrected chi connectivity index (χ1v) is 14.0. The Morgan fingerprint density at radius 2 is 1.15 bits per heavy atom. The molecule has 0 aliphatic heterocycles. The van der Waals surface area contributed by atoms with E-state index in [0.717, 1.165) is 31.2 Å². The molecule has 0 bridgehead atoms. The molecule has 0 fully saturated rings. The van der Waals surface area contributed by atoms with Crippen LogP contribution in [-0.2, 0) is 33.5 Å². The van der Waals surface area contributed by atoms with Gasteiger partial charge in [-0.2, -0.15) is 0 Å². The van der Waals surface area contributed by atoms with Crippen molar-refractivity contribution in [1.29, 1.82) is 0 Å². The first-order valence-electron chi connectivity index (χ1n) is 14.0. The molecule has 4 atom stereocenters. The summed E-state index contributed by atoms with van der Waals surface area (Å²) in [6.45, 7) is 10.4. The second kappa shape index (κ2) is 17.2.